The van der Waals surface area contributed by atoms with E-state index in [-0.39, 0.29) is 12.2 Å². The van der Waals surface area contributed by atoms with Crippen molar-refractivity contribution in [3.05, 3.63) is 60.6 Å². The summed E-state index contributed by atoms with van der Waals surface area (Å²) >= 11 is 14.0. The van der Waals surface area contributed by atoms with E-state index in [9.17, 15) is 4.79 Å². The fourth-order valence-electron chi connectivity index (χ4n) is 2.07. The van der Waals surface area contributed by atoms with E-state index in [4.69, 9.17) is 43.7 Å². The molecule has 2 aromatic carbocycles. The molecule has 26 heavy (non-hydrogen) atoms. The Labute approximate surface area is 174 Å². The van der Waals surface area contributed by atoms with Crippen molar-refractivity contribution in [3.63, 3.8) is 0 Å². The molecular weight excluding hydrogens is 490 g/mol. The highest BCUT2D eigenvalue weighted by Gasteiger charge is 2.13. The molecule has 8 heteroatoms. The maximum atomic E-state index is 11.2. The number of nitrogens with zero attached hydrogens (tertiary/aromatic N) is 1. The van der Waals surface area contributed by atoms with Gasteiger partial charge in [0.1, 0.15) is 18.2 Å². The molecule has 2 N–H and O–H groups in total. The van der Waals surface area contributed by atoms with E-state index >= 15 is 0 Å². The summed E-state index contributed by atoms with van der Waals surface area (Å²) in [6.45, 7) is 0.267. The summed E-state index contributed by atoms with van der Waals surface area (Å²) in [6, 6.07) is 10.4. The summed E-state index contributed by atoms with van der Waals surface area (Å²) in [6.07, 6.45) is 1.40. The molecule has 0 spiro atoms. The molecular formula is C18H13Cl2IN2O3. The summed E-state index contributed by atoms with van der Waals surface area (Å²) in [5, 5.41) is 9.89. The normalized spacial score (nSPS) is 11.0. The van der Waals surface area contributed by atoms with Gasteiger partial charge in [-0.25, -0.2) is 0 Å². The number of amides is 1. The van der Waals surface area contributed by atoms with Gasteiger partial charge in [0.15, 0.2) is 11.5 Å². The molecule has 5 nitrogen and oxygen atoms in total. The van der Waals surface area contributed by atoms with Crippen LogP contribution < -0.4 is 15.2 Å². The lowest BCUT2D eigenvalue weighted by Crippen LogP contribution is -2.12. The molecule has 0 radical (unpaired) electrons. The zero-order chi connectivity index (χ0) is 19.3. The second-order valence-corrected chi connectivity index (χ2v) is 7.08. The summed E-state index contributed by atoms with van der Waals surface area (Å²) in [5.41, 5.74) is 6.46. The molecule has 0 aliphatic carbocycles. The van der Waals surface area contributed by atoms with Gasteiger partial charge in [0.25, 0.3) is 5.91 Å². The molecule has 0 atom stereocenters. The molecule has 134 valence electrons. The number of halogens is 3. The van der Waals surface area contributed by atoms with Crippen LogP contribution in [0.15, 0.2) is 35.9 Å². The van der Waals surface area contributed by atoms with Gasteiger partial charge in [0.2, 0.25) is 0 Å². The molecule has 0 fully saturated rings. The Morgan fingerprint density at radius 1 is 1.31 bits per heavy atom. The van der Waals surface area contributed by atoms with E-state index in [1.165, 1.54) is 13.2 Å². The zero-order valence-electron chi connectivity index (χ0n) is 13.6. The third-order valence-electron chi connectivity index (χ3n) is 3.32. The summed E-state index contributed by atoms with van der Waals surface area (Å²) < 4.78 is 12.0. The fraction of sp³-hybridized carbons (Fsp3) is 0.111. The first-order valence-electron chi connectivity index (χ1n) is 7.21. The van der Waals surface area contributed by atoms with Crippen LogP contribution in [0.3, 0.4) is 0 Å². The largest absolute Gasteiger partial charge is 0.493 e. The maximum absolute atomic E-state index is 11.2. The van der Waals surface area contributed by atoms with Gasteiger partial charge in [-0.2, -0.15) is 5.26 Å². The van der Waals surface area contributed by atoms with Gasteiger partial charge in [-0.15, -0.1) is 0 Å². The number of rotatable bonds is 6. The zero-order valence-corrected chi connectivity index (χ0v) is 17.2. The number of ether oxygens (including phenoxy) is 2. The summed E-state index contributed by atoms with van der Waals surface area (Å²) in [5.74, 6) is 0.209. The van der Waals surface area contributed by atoms with Crippen molar-refractivity contribution in [1.29, 1.82) is 5.26 Å². The number of primary amides is 1. The summed E-state index contributed by atoms with van der Waals surface area (Å²) in [7, 11) is 1.50. The van der Waals surface area contributed by atoms with Crippen molar-refractivity contribution in [1.82, 2.24) is 0 Å². The number of benzene rings is 2. The average Bonchev–Trinajstić information content (AvgIpc) is 2.60. The Morgan fingerprint density at radius 3 is 2.62 bits per heavy atom. The summed E-state index contributed by atoms with van der Waals surface area (Å²) in [4.78, 5) is 11.2. The van der Waals surface area contributed by atoms with E-state index < -0.39 is 5.91 Å². The maximum Gasteiger partial charge on any atom is 0.259 e. The third kappa shape index (κ3) is 5.04. The van der Waals surface area contributed by atoms with Gasteiger partial charge in [-0.1, -0.05) is 29.3 Å². The van der Waals surface area contributed by atoms with Crippen LogP contribution in [0.4, 0.5) is 0 Å². The van der Waals surface area contributed by atoms with Crippen LogP contribution in [0.25, 0.3) is 6.08 Å². The van der Waals surface area contributed by atoms with Gasteiger partial charge < -0.3 is 15.2 Å². The van der Waals surface area contributed by atoms with E-state index in [0.29, 0.717) is 27.1 Å². The van der Waals surface area contributed by atoms with Crippen LogP contribution in [0.5, 0.6) is 11.5 Å². The average molecular weight is 503 g/mol. The van der Waals surface area contributed by atoms with Gasteiger partial charge >= 0.3 is 0 Å². The number of nitriles is 1. The van der Waals surface area contributed by atoms with Crippen LogP contribution in [-0.4, -0.2) is 13.0 Å². The first-order chi connectivity index (χ1) is 12.3. The monoisotopic (exact) mass is 502 g/mol. The van der Waals surface area contributed by atoms with Crippen LogP contribution in [0, 0.1) is 14.9 Å². The molecule has 0 bridgehead atoms. The SMILES string of the molecule is COc1cc(/C=C(\C#N)C(N)=O)cc(I)c1OCc1ccc(Cl)c(Cl)c1. The van der Waals surface area contributed by atoms with Gasteiger partial charge in [-0.05, 0) is 64.1 Å². The Kier molecular flexibility index (Phi) is 7.14. The van der Waals surface area contributed by atoms with Crippen LogP contribution >= 0.6 is 45.8 Å². The van der Waals surface area contributed by atoms with Gasteiger partial charge in [0, 0.05) is 0 Å². The molecule has 0 unspecified atom stereocenters. The number of methoxy groups -OCH3 is 1. The van der Waals surface area contributed by atoms with E-state index in [1.54, 1.807) is 30.3 Å². The van der Waals surface area contributed by atoms with E-state index in [0.717, 1.165) is 9.13 Å². The Morgan fingerprint density at radius 2 is 2.04 bits per heavy atom. The smallest absolute Gasteiger partial charge is 0.259 e. The Hall–Kier alpha value is -1.95. The van der Waals surface area contributed by atoms with Crippen molar-refractivity contribution in [3.8, 4) is 17.6 Å². The molecule has 2 rings (SSSR count). The minimum absolute atomic E-state index is 0.146. The topological polar surface area (TPSA) is 85.3 Å². The predicted octanol–water partition coefficient (Wildman–Crippen LogP) is 4.58. The molecule has 0 saturated heterocycles. The number of hydrogen-bond donors (Lipinski definition) is 1. The third-order valence-corrected chi connectivity index (χ3v) is 4.86. The number of hydrogen-bond acceptors (Lipinski definition) is 4. The molecule has 0 saturated carbocycles. The Bertz CT molecular complexity index is 923. The van der Waals surface area contributed by atoms with Crippen LogP contribution in [0.1, 0.15) is 11.1 Å². The van der Waals surface area contributed by atoms with Crippen LogP contribution in [0.2, 0.25) is 10.0 Å². The van der Waals surface area contributed by atoms with E-state index in [2.05, 4.69) is 22.6 Å². The van der Waals surface area contributed by atoms with Crippen molar-refractivity contribution >= 4 is 57.8 Å². The fourth-order valence-corrected chi connectivity index (χ4v) is 3.18. The van der Waals surface area contributed by atoms with Gasteiger partial charge in [-0.3, -0.25) is 4.79 Å². The predicted molar refractivity (Wildman–Crippen MR) is 109 cm³/mol. The molecule has 0 aliphatic heterocycles. The van der Waals surface area contributed by atoms with Crippen molar-refractivity contribution in [2.75, 3.05) is 7.11 Å². The highest BCUT2D eigenvalue weighted by atomic mass is 127. The Balaban J connectivity index is 2.30. The van der Waals surface area contributed by atoms with Gasteiger partial charge in [0.05, 0.1) is 20.7 Å². The molecule has 0 aromatic heterocycles. The highest BCUT2D eigenvalue weighted by Crippen LogP contribution is 2.35. The van der Waals surface area contributed by atoms with Crippen LogP contribution in [-0.2, 0) is 11.4 Å². The lowest BCUT2D eigenvalue weighted by molar-refractivity contribution is -0.114. The molecule has 0 aliphatic rings. The standard InChI is InChI=1S/C18H13Cl2IN2O3/c1-25-16-7-11(4-12(8-22)18(23)24)6-15(21)17(16)26-9-10-2-3-13(19)14(20)5-10/h2-7H,9H2,1H3,(H2,23,24)/b12-4+. The first-order valence-corrected chi connectivity index (χ1v) is 9.05. The minimum Gasteiger partial charge on any atom is -0.493 e. The molecule has 0 heterocycles. The lowest BCUT2D eigenvalue weighted by atomic mass is 10.1. The highest BCUT2D eigenvalue weighted by molar-refractivity contribution is 14.1. The number of carbonyl (C=O) groups excluding carboxylic acids is 1. The second kappa shape index (κ2) is 9.12. The van der Waals surface area contributed by atoms with Crippen molar-refractivity contribution in [2.45, 2.75) is 6.61 Å². The van der Waals surface area contributed by atoms with Crippen molar-refractivity contribution < 1.29 is 14.3 Å². The molecule has 1 amide bonds. The number of carbonyl (C=O) groups is 1. The lowest BCUT2D eigenvalue weighted by Gasteiger charge is -2.14. The second-order valence-electron chi connectivity index (χ2n) is 5.11. The minimum atomic E-state index is -0.790. The quantitative estimate of drug-likeness (QED) is 0.356. The molecule has 2 aromatic rings. The van der Waals surface area contributed by atoms with E-state index in [1.807, 2.05) is 6.07 Å². The van der Waals surface area contributed by atoms with Crippen molar-refractivity contribution in [2.24, 2.45) is 5.73 Å². The number of nitrogens with two attached hydrogens (primary N) is 1. The first kappa shape index (κ1) is 20.4.